The van der Waals surface area contributed by atoms with Crippen LogP contribution in [0.2, 0.25) is 0 Å². The van der Waals surface area contributed by atoms with Crippen molar-refractivity contribution in [1.29, 1.82) is 0 Å². The number of pyridine rings is 1. The van der Waals surface area contributed by atoms with E-state index in [2.05, 4.69) is 31.0 Å². The second kappa shape index (κ2) is 8.05. The molecule has 0 saturated heterocycles. The van der Waals surface area contributed by atoms with E-state index in [0.717, 1.165) is 21.4 Å². The lowest BCUT2D eigenvalue weighted by molar-refractivity contribution is -0.118. The van der Waals surface area contributed by atoms with Crippen molar-refractivity contribution in [1.82, 2.24) is 19.6 Å². The molecule has 0 aliphatic rings. The molecular formula is C19H21BrN6O2. The summed E-state index contributed by atoms with van der Waals surface area (Å²) in [5.41, 5.74) is 8.63. The Morgan fingerprint density at radius 2 is 2.00 bits per heavy atom. The fourth-order valence-electron chi connectivity index (χ4n) is 3.21. The van der Waals surface area contributed by atoms with Gasteiger partial charge < -0.3 is 5.73 Å². The van der Waals surface area contributed by atoms with Gasteiger partial charge in [-0.1, -0.05) is 0 Å². The molecule has 0 saturated carbocycles. The van der Waals surface area contributed by atoms with E-state index in [4.69, 9.17) is 5.73 Å². The van der Waals surface area contributed by atoms with Crippen molar-refractivity contribution in [3.8, 4) is 0 Å². The maximum atomic E-state index is 12.8. The number of carbonyl (C=O) groups is 2. The smallest absolute Gasteiger partial charge is 0.254 e. The maximum Gasteiger partial charge on any atom is 0.254 e. The summed E-state index contributed by atoms with van der Waals surface area (Å²) in [6.07, 6.45) is 3.91. The molecule has 146 valence electrons. The van der Waals surface area contributed by atoms with Crippen molar-refractivity contribution in [3.05, 3.63) is 51.5 Å². The monoisotopic (exact) mass is 444 g/mol. The zero-order chi connectivity index (χ0) is 20.4. The minimum Gasteiger partial charge on any atom is -0.365 e. The lowest BCUT2D eigenvalue weighted by atomic mass is 10.1. The number of amides is 2. The van der Waals surface area contributed by atoms with Crippen molar-refractivity contribution >= 4 is 39.2 Å². The number of aryl methyl sites for hydroxylation is 2. The highest BCUT2D eigenvalue weighted by molar-refractivity contribution is 9.10. The van der Waals surface area contributed by atoms with Crippen molar-refractivity contribution in [2.24, 2.45) is 5.73 Å². The number of nitrogens with zero attached hydrogens (tertiary/aromatic N) is 5. The molecule has 0 bridgehead atoms. The van der Waals surface area contributed by atoms with Gasteiger partial charge in [-0.15, -0.1) is 0 Å². The van der Waals surface area contributed by atoms with Crippen LogP contribution in [0.5, 0.6) is 0 Å². The predicted octanol–water partition coefficient (Wildman–Crippen LogP) is 2.59. The van der Waals surface area contributed by atoms with Crippen LogP contribution in [0.3, 0.4) is 0 Å². The van der Waals surface area contributed by atoms with Gasteiger partial charge in [0.1, 0.15) is 11.4 Å². The van der Waals surface area contributed by atoms with Gasteiger partial charge in [0.2, 0.25) is 5.91 Å². The van der Waals surface area contributed by atoms with Crippen LogP contribution in [0, 0.1) is 13.8 Å². The van der Waals surface area contributed by atoms with Gasteiger partial charge in [-0.25, -0.2) is 14.5 Å². The molecule has 0 unspecified atom stereocenters. The molecule has 3 rings (SSSR count). The molecule has 0 aromatic carbocycles. The predicted molar refractivity (Wildman–Crippen MR) is 109 cm³/mol. The number of primary amides is 1. The summed E-state index contributed by atoms with van der Waals surface area (Å²) in [6, 6.07) is 3.67. The Morgan fingerprint density at radius 1 is 1.25 bits per heavy atom. The minimum atomic E-state index is -0.565. The molecular weight excluding hydrogens is 424 g/mol. The first kappa shape index (κ1) is 19.9. The maximum absolute atomic E-state index is 12.8. The lowest BCUT2D eigenvalue weighted by Gasteiger charge is -2.20. The second-order valence-corrected chi connectivity index (χ2v) is 7.31. The quantitative estimate of drug-likeness (QED) is 0.628. The molecule has 9 heteroatoms. The van der Waals surface area contributed by atoms with Gasteiger partial charge in [0.05, 0.1) is 6.20 Å². The van der Waals surface area contributed by atoms with E-state index >= 15 is 0 Å². The van der Waals surface area contributed by atoms with Gasteiger partial charge >= 0.3 is 0 Å². The molecule has 3 aromatic rings. The molecule has 0 atom stereocenters. The van der Waals surface area contributed by atoms with E-state index in [1.165, 1.54) is 6.20 Å². The normalized spacial score (nSPS) is 11.0. The van der Waals surface area contributed by atoms with Crippen LogP contribution in [-0.2, 0) is 11.2 Å². The molecule has 0 radical (unpaired) electrons. The molecule has 0 aliphatic carbocycles. The van der Waals surface area contributed by atoms with Crippen molar-refractivity contribution in [2.75, 3.05) is 11.4 Å². The molecule has 0 aliphatic heterocycles. The standard InChI is InChI=1S/C19H21BrN6O2/c1-4-25(16-7-5-13(20)9-22-16)17(27)8-6-14-11(2)24-19-15(18(21)28)10-23-26(19)12(14)3/h5,7,9-10H,4,6,8H2,1-3H3,(H2,21,28). The Labute approximate surface area is 170 Å². The fourth-order valence-corrected chi connectivity index (χ4v) is 3.44. The number of anilines is 1. The van der Waals surface area contributed by atoms with Gasteiger partial charge in [-0.05, 0) is 60.8 Å². The van der Waals surface area contributed by atoms with Gasteiger partial charge in [0.15, 0.2) is 5.65 Å². The van der Waals surface area contributed by atoms with Gasteiger partial charge in [-0.3, -0.25) is 14.5 Å². The first-order valence-corrected chi connectivity index (χ1v) is 9.68. The van der Waals surface area contributed by atoms with Crippen molar-refractivity contribution < 1.29 is 9.59 Å². The number of hydrogen-bond donors (Lipinski definition) is 1. The number of fused-ring (bicyclic) bond motifs is 1. The van der Waals surface area contributed by atoms with Gasteiger partial charge in [0, 0.05) is 35.0 Å². The number of carbonyl (C=O) groups excluding carboxylic acids is 2. The molecule has 0 spiro atoms. The van der Waals surface area contributed by atoms with Crippen LogP contribution in [0.25, 0.3) is 5.65 Å². The number of nitrogens with two attached hydrogens (primary N) is 1. The highest BCUT2D eigenvalue weighted by Crippen LogP contribution is 2.20. The largest absolute Gasteiger partial charge is 0.365 e. The van der Waals surface area contributed by atoms with Crippen molar-refractivity contribution in [2.45, 2.75) is 33.6 Å². The lowest BCUT2D eigenvalue weighted by Crippen LogP contribution is -2.31. The van der Waals surface area contributed by atoms with Gasteiger partial charge in [0.25, 0.3) is 5.91 Å². The summed E-state index contributed by atoms with van der Waals surface area (Å²) in [7, 11) is 0. The number of rotatable bonds is 6. The Hall–Kier alpha value is -2.81. The van der Waals surface area contributed by atoms with Crippen LogP contribution < -0.4 is 10.6 Å². The van der Waals surface area contributed by atoms with E-state index in [1.54, 1.807) is 15.6 Å². The van der Waals surface area contributed by atoms with Crippen LogP contribution in [0.15, 0.2) is 29.0 Å². The van der Waals surface area contributed by atoms with E-state index < -0.39 is 5.91 Å². The van der Waals surface area contributed by atoms with Crippen LogP contribution in [0.4, 0.5) is 5.82 Å². The summed E-state index contributed by atoms with van der Waals surface area (Å²) in [4.78, 5) is 34.8. The summed E-state index contributed by atoms with van der Waals surface area (Å²) in [5.74, 6) is 0.0372. The third-order valence-electron chi connectivity index (χ3n) is 4.67. The summed E-state index contributed by atoms with van der Waals surface area (Å²) in [5, 5.41) is 4.22. The van der Waals surface area contributed by atoms with Gasteiger partial charge in [-0.2, -0.15) is 5.10 Å². The molecule has 8 nitrogen and oxygen atoms in total. The minimum absolute atomic E-state index is 0.0190. The van der Waals surface area contributed by atoms with E-state index in [0.29, 0.717) is 30.9 Å². The first-order valence-electron chi connectivity index (χ1n) is 8.89. The van der Waals surface area contributed by atoms with Crippen LogP contribution in [0.1, 0.15) is 40.7 Å². The molecule has 28 heavy (non-hydrogen) atoms. The highest BCUT2D eigenvalue weighted by atomic mass is 79.9. The number of hydrogen-bond acceptors (Lipinski definition) is 5. The average molecular weight is 445 g/mol. The summed E-state index contributed by atoms with van der Waals surface area (Å²) >= 11 is 3.35. The Balaban J connectivity index is 1.83. The number of aromatic nitrogens is 4. The Morgan fingerprint density at radius 3 is 2.61 bits per heavy atom. The van der Waals surface area contributed by atoms with Crippen LogP contribution >= 0.6 is 15.9 Å². The molecule has 0 fully saturated rings. The highest BCUT2D eigenvalue weighted by Gasteiger charge is 2.19. The van der Waals surface area contributed by atoms with Crippen molar-refractivity contribution in [3.63, 3.8) is 0 Å². The van der Waals surface area contributed by atoms with Crippen LogP contribution in [-0.4, -0.2) is 37.9 Å². The van der Waals surface area contributed by atoms with E-state index in [-0.39, 0.29) is 11.5 Å². The third kappa shape index (κ3) is 3.75. The van der Waals surface area contributed by atoms with E-state index in [9.17, 15) is 9.59 Å². The SMILES string of the molecule is CCN(C(=O)CCc1c(C)nc2c(C(N)=O)cnn2c1C)c1ccc(Br)cn1. The molecule has 2 amide bonds. The summed E-state index contributed by atoms with van der Waals surface area (Å²) in [6.45, 7) is 6.20. The average Bonchev–Trinajstić information content (AvgIpc) is 3.08. The van der Waals surface area contributed by atoms with E-state index in [1.807, 2.05) is 32.9 Å². The topological polar surface area (TPSA) is 106 Å². The number of halogens is 1. The first-order chi connectivity index (χ1) is 13.3. The summed E-state index contributed by atoms with van der Waals surface area (Å²) < 4.78 is 2.46. The molecule has 2 N–H and O–H groups in total. The third-order valence-corrected chi connectivity index (χ3v) is 5.14. The Bertz CT molecular complexity index is 1040. The molecule has 3 heterocycles. The zero-order valence-corrected chi connectivity index (χ0v) is 17.5. The second-order valence-electron chi connectivity index (χ2n) is 6.39. The zero-order valence-electron chi connectivity index (χ0n) is 15.9. The molecule has 3 aromatic heterocycles. The Kier molecular flexibility index (Phi) is 5.73. The fraction of sp³-hybridized carbons (Fsp3) is 0.316.